The van der Waals surface area contributed by atoms with Crippen molar-refractivity contribution in [3.8, 4) is 0 Å². The molecule has 0 aromatic rings. The van der Waals surface area contributed by atoms with E-state index in [4.69, 9.17) is 0 Å². The van der Waals surface area contributed by atoms with Crippen LogP contribution in [0.4, 0.5) is 0 Å². The van der Waals surface area contributed by atoms with Gasteiger partial charge in [0.1, 0.15) is 0 Å². The summed E-state index contributed by atoms with van der Waals surface area (Å²) in [5, 5.41) is 0. The minimum atomic E-state index is 0.729. The molecular weight excluding hydrogens is 234 g/mol. The van der Waals surface area contributed by atoms with E-state index in [1.807, 2.05) is 0 Å². The van der Waals surface area contributed by atoms with Crippen molar-refractivity contribution < 1.29 is 0 Å². The predicted octanol–water partition coefficient (Wildman–Crippen LogP) is 2.13. The van der Waals surface area contributed by atoms with E-state index in [0.29, 0.717) is 0 Å². The molecule has 0 N–H and O–H groups in total. The fourth-order valence-corrected chi connectivity index (χ4v) is 3.49. The third-order valence-electron chi connectivity index (χ3n) is 5.19. The van der Waals surface area contributed by atoms with Crippen molar-refractivity contribution in [1.82, 2.24) is 14.7 Å². The number of piperazine rings is 1. The molecule has 0 bridgehead atoms. The zero-order valence-corrected chi connectivity index (χ0v) is 13.4. The second-order valence-corrected chi connectivity index (χ2v) is 6.84. The van der Waals surface area contributed by atoms with E-state index in [9.17, 15) is 0 Å². The van der Waals surface area contributed by atoms with E-state index in [0.717, 1.165) is 18.0 Å². The third kappa shape index (κ3) is 4.17. The molecule has 2 unspecified atom stereocenters. The molecule has 3 heteroatoms. The molecule has 112 valence electrons. The molecule has 19 heavy (non-hydrogen) atoms. The number of likely N-dealkylation sites (tertiary alicyclic amines) is 1. The number of hydrogen-bond acceptors (Lipinski definition) is 3. The van der Waals surface area contributed by atoms with E-state index in [1.54, 1.807) is 0 Å². The molecule has 2 aliphatic rings. The Labute approximate surface area is 119 Å². The van der Waals surface area contributed by atoms with E-state index < -0.39 is 0 Å². The number of rotatable bonds is 5. The lowest BCUT2D eigenvalue weighted by atomic mass is 10.1. The SMILES string of the molecule is CCC(C)N1CCN(CC2CCN(C(C)C)C2)CC1. The molecule has 0 aromatic carbocycles. The van der Waals surface area contributed by atoms with Crippen LogP contribution in [-0.2, 0) is 0 Å². The summed E-state index contributed by atoms with van der Waals surface area (Å²) in [5.41, 5.74) is 0. The molecule has 2 saturated heterocycles. The van der Waals surface area contributed by atoms with Gasteiger partial charge in [0.25, 0.3) is 0 Å². The summed E-state index contributed by atoms with van der Waals surface area (Å²) in [6, 6.07) is 1.50. The first kappa shape index (κ1) is 15.3. The highest BCUT2D eigenvalue weighted by Crippen LogP contribution is 2.20. The van der Waals surface area contributed by atoms with Gasteiger partial charge in [0.2, 0.25) is 0 Å². The van der Waals surface area contributed by atoms with Crippen LogP contribution in [0.2, 0.25) is 0 Å². The zero-order chi connectivity index (χ0) is 13.8. The predicted molar refractivity (Wildman–Crippen MR) is 82.6 cm³/mol. The van der Waals surface area contributed by atoms with Crippen molar-refractivity contribution in [1.29, 1.82) is 0 Å². The van der Waals surface area contributed by atoms with Crippen LogP contribution in [0, 0.1) is 5.92 Å². The Balaban J connectivity index is 1.69. The summed E-state index contributed by atoms with van der Waals surface area (Å²) in [6.07, 6.45) is 2.69. The Kier molecular flexibility index (Phi) is 5.67. The van der Waals surface area contributed by atoms with Gasteiger partial charge in [0, 0.05) is 51.4 Å². The molecule has 2 rings (SSSR count). The molecule has 2 aliphatic heterocycles. The Morgan fingerprint density at radius 1 is 0.947 bits per heavy atom. The average Bonchev–Trinajstić information content (AvgIpc) is 2.87. The standard InChI is InChI=1S/C16H33N3/c1-5-15(4)18-10-8-17(9-11-18)12-16-6-7-19(13-16)14(2)3/h14-16H,5-13H2,1-4H3. The molecule has 3 nitrogen and oxygen atoms in total. The van der Waals surface area contributed by atoms with Gasteiger partial charge in [-0.3, -0.25) is 4.90 Å². The van der Waals surface area contributed by atoms with E-state index in [1.165, 1.54) is 58.7 Å². The van der Waals surface area contributed by atoms with Gasteiger partial charge in [-0.2, -0.15) is 0 Å². The van der Waals surface area contributed by atoms with Gasteiger partial charge >= 0.3 is 0 Å². The van der Waals surface area contributed by atoms with Crippen molar-refractivity contribution in [2.45, 2.75) is 52.6 Å². The molecule has 2 heterocycles. The van der Waals surface area contributed by atoms with Gasteiger partial charge in [-0.05, 0) is 46.1 Å². The fourth-order valence-electron chi connectivity index (χ4n) is 3.49. The highest BCUT2D eigenvalue weighted by molar-refractivity contribution is 4.82. The summed E-state index contributed by atoms with van der Waals surface area (Å²) in [7, 11) is 0. The molecule has 2 atom stereocenters. The zero-order valence-electron chi connectivity index (χ0n) is 13.4. The molecule has 0 aromatic heterocycles. The van der Waals surface area contributed by atoms with E-state index in [-0.39, 0.29) is 0 Å². The first-order valence-electron chi connectivity index (χ1n) is 8.30. The first-order chi connectivity index (χ1) is 9.10. The maximum absolute atomic E-state index is 2.70. The normalized spacial score (nSPS) is 29.2. The largest absolute Gasteiger partial charge is 0.301 e. The van der Waals surface area contributed by atoms with Gasteiger partial charge in [-0.15, -0.1) is 0 Å². The first-order valence-corrected chi connectivity index (χ1v) is 8.30. The lowest BCUT2D eigenvalue weighted by Crippen LogP contribution is -2.50. The molecule has 0 spiro atoms. The van der Waals surface area contributed by atoms with Crippen molar-refractivity contribution in [2.24, 2.45) is 5.92 Å². The summed E-state index contributed by atoms with van der Waals surface area (Å²) in [6.45, 7) is 18.4. The van der Waals surface area contributed by atoms with Crippen LogP contribution in [0.3, 0.4) is 0 Å². The second-order valence-electron chi connectivity index (χ2n) is 6.84. The highest BCUT2D eigenvalue weighted by atomic mass is 15.3. The van der Waals surface area contributed by atoms with Crippen LogP contribution in [-0.4, -0.2) is 72.6 Å². The fraction of sp³-hybridized carbons (Fsp3) is 1.00. The van der Waals surface area contributed by atoms with Crippen molar-refractivity contribution >= 4 is 0 Å². The van der Waals surface area contributed by atoms with Crippen molar-refractivity contribution in [2.75, 3.05) is 45.8 Å². The minimum Gasteiger partial charge on any atom is -0.301 e. The number of nitrogens with zero attached hydrogens (tertiary/aromatic N) is 3. The van der Waals surface area contributed by atoms with Crippen LogP contribution < -0.4 is 0 Å². The molecule has 2 fully saturated rings. The van der Waals surface area contributed by atoms with Gasteiger partial charge < -0.3 is 9.80 Å². The minimum absolute atomic E-state index is 0.729. The Morgan fingerprint density at radius 2 is 1.63 bits per heavy atom. The Hall–Kier alpha value is -0.120. The van der Waals surface area contributed by atoms with E-state index >= 15 is 0 Å². The smallest absolute Gasteiger partial charge is 0.0113 e. The number of hydrogen-bond donors (Lipinski definition) is 0. The van der Waals surface area contributed by atoms with Crippen LogP contribution >= 0.6 is 0 Å². The van der Waals surface area contributed by atoms with E-state index in [2.05, 4.69) is 42.4 Å². The summed E-state index contributed by atoms with van der Waals surface area (Å²) in [5.74, 6) is 0.914. The molecule has 0 aliphatic carbocycles. The van der Waals surface area contributed by atoms with Crippen LogP contribution in [0.5, 0.6) is 0 Å². The van der Waals surface area contributed by atoms with Crippen LogP contribution in [0.25, 0.3) is 0 Å². The van der Waals surface area contributed by atoms with Crippen LogP contribution in [0.1, 0.15) is 40.5 Å². The van der Waals surface area contributed by atoms with Crippen LogP contribution in [0.15, 0.2) is 0 Å². The molecular formula is C16H33N3. The monoisotopic (exact) mass is 267 g/mol. The highest BCUT2D eigenvalue weighted by Gasteiger charge is 2.27. The molecule has 0 saturated carbocycles. The average molecular weight is 267 g/mol. The quantitative estimate of drug-likeness (QED) is 0.755. The lowest BCUT2D eigenvalue weighted by molar-refractivity contribution is 0.0900. The Bertz CT molecular complexity index is 259. The lowest BCUT2D eigenvalue weighted by Gasteiger charge is -2.38. The molecule has 0 amide bonds. The summed E-state index contributed by atoms with van der Waals surface area (Å²) < 4.78 is 0. The van der Waals surface area contributed by atoms with Gasteiger partial charge in [0.05, 0.1) is 0 Å². The third-order valence-corrected chi connectivity index (χ3v) is 5.19. The maximum Gasteiger partial charge on any atom is 0.0113 e. The summed E-state index contributed by atoms with van der Waals surface area (Å²) in [4.78, 5) is 8.00. The van der Waals surface area contributed by atoms with Gasteiger partial charge in [-0.1, -0.05) is 6.92 Å². The molecule has 0 radical (unpaired) electrons. The topological polar surface area (TPSA) is 9.72 Å². The van der Waals surface area contributed by atoms with Gasteiger partial charge in [-0.25, -0.2) is 0 Å². The summed E-state index contributed by atoms with van der Waals surface area (Å²) >= 11 is 0. The van der Waals surface area contributed by atoms with Gasteiger partial charge in [0.15, 0.2) is 0 Å². The maximum atomic E-state index is 2.70. The Morgan fingerprint density at radius 3 is 2.16 bits per heavy atom. The second kappa shape index (κ2) is 7.05. The van der Waals surface area contributed by atoms with Crippen molar-refractivity contribution in [3.05, 3.63) is 0 Å². The van der Waals surface area contributed by atoms with Crippen molar-refractivity contribution in [3.63, 3.8) is 0 Å².